The van der Waals surface area contributed by atoms with E-state index in [4.69, 9.17) is 0 Å². The number of aromatic amines is 1. The van der Waals surface area contributed by atoms with Gasteiger partial charge in [-0.15, -0.1) is 5.10 Å². The number of hydrogen-bond acceptors (Lipinski definition) is 5. The summed E-state index contributed by atoms with van der Waals surface area (Å²) in [5.41, 5.74) is 2.22. The van der Waals surface area contributed by atoms with Crippen molar-refractivity contribution >= 4 is 5.91 Å². The molecule has 0 unspecified atom stereocenters. The lowest BCUT2D eigenvalue weighted by Gasteiger charge is -2.29. The first-order chi connectivity index (χ1) is 13.5. The molecule has 9 heteroatoms. The molecule has 1 fully saturated rings. The van der Waals surface area contributed by atoms with E-state index < -0.39 is 0 Å². The third-order valence-corrected chi connectivity index (χ3v) is 5.16. The Labute approximate surface area is 161 Å². The SMILES string of the molecule is Cc1cc(C)n(-c2ccc(=O)n(C3CCC(NC(=O)c4cnc[nH]4)CC3)n2)n1. The van der Waals surface area contributed by atoms with Crippen LogP contribution in [0.15, 0.2) is 35.5 Å². The van der Waals surface area contributed by atoms with Gasteiger partial charge in [-0.05, 0) is 51.7 Å². The van der Waals surface area contributed by atoms with Crippen LogP contribution in [0.1, 0.15) is 53.6 Å². The van der Waals surface area contributed by atoms with Gasteiger partial charge in [0.25, 0.3) is 11.5 Å². The van der Waals surface area contributed by atoms with E-state index in [1.54, 1.807) is 21.5 Å². The molecule has 28 heavy (non-hydrogen) atoms. The molecule has 3 aromatic heterocycles. The normalized spacial score (nSPS) is 19.5. The van der Waals surface area contributed by atoms with Gasteiger partial charge in [-0.25, -0.2) is 14.3 Å². The average Bonchev–Trinajstić information content (AvgIpc) is 3.33. The molecule has 9 nitrogen and oxygen atoms in total. The van der Waals surface area contributed by atoms with Crippen molar-refractivity contribution in [1.82, 2.24) is 34.8 Å². The summed E-state index contributed by atoms with van der Waals surface area (Å²) in [5, 5.41) is 12.0. The van der Waals surface area contributed by atoms with E-state index in [9.17, 15) is 9.59 Å². The summed E-state index contributed by atoms with van der Waals surface area (Å²) in [6.45, 7) is 3.89. The first kappa shape index (κ1) is 18.1. The molecule has 0 saturated heterocycles. The van der Waals surface area contributed by atoms with E-state index >= 15 is 0 Å². The van der Waals surface area contributed by atoms with Gasteiger partial charge >= 0.3 is 0 Å². The monoisotopic (exact) mass is 381 g/mol. The molecule has 0 bridgehead atoms. The maximum Gasteiger partial charge on any atom is 0.269 e. The molecule has 0 radical (unpaired) electrons. The standard InChI is InChI=1S/C19H23N7O2/c1-12-9-13(2)25(23-12)17-7-8-18(27)26(24-17)15-5-3-14(4-6-15)22-19(28)16-10-20-11-21-16/h7-11,14-15H,3-6H2,1-2H3,(H,20,21)(H,22,28). The van der Waals surface area contributed by atoms with Gasteiger partial charge in [0.1, 0.15) is 5.69 Å². The maximum atomic E-state index is 12.4. The molecule has 1 aliphatic carbocycles. The van der Waals surface area contributed by atoms with Crippen LogP contribution in [0.4, 0.5) is 0 Å². The van der Waals surface area contributed by atoms with Crippen molar-refractivity contribution in [3.8, 4) is 5.82 Å². The lowest BCUT2D eigenvalue weighted by atomic mass is 9.91. The zero-order valence-electron chi connectivity index (χ0n) is 15.9. The molecule has 4 rings (SSSR count). The van der Waals surface area contributed by atoms with Crippen molar-refractivity contribution in [2.45, 2.75) is 51.6 Å². The quantitative estimate of drug-likeness (QED) is 0.714. The Kier molecular flexibility index (Phi) is 4.81. The van der Waals surface area contributed by atoms with Crippen molar-refractivity contribution in [2.75, 3.05) is 0 Å². The number of carbonyl (C=O) groups is 1. The highest BCUT2D eigenvalue weighted by atomic mass is 16.2. The summed E-state index contributed by atoms with van der Waals surface area (Å²) in [6.07, 6.45) is 6.14. The smallest absolute Gasteiger partial charge is 0.269 e. The Morgan fingerprint density at radius 1 is 1.18 bits per heavy atom. The summed E-state index contributed by atoms with van der Waals surface area (Å²) in [7, 11) is 0. The Hall–Kier alpha value is -3.23. The average molecular weight is 381 g/mol. The van der Waals surface area contributed by atoms with Gasteiger partial charge in [0.15, 0.2) is 5.82 Å². The number of nitrogens with one attached hydrogen (secondary N) is 2. The molecular formula is C19H23N7O2. The lowest BCUT2D eigenvalue weighted by molar-refractivity contribution is 0.0916. The highest BCUT2D eigenvalue weighted by Gasteiger charge is 2.25. The number of aromatic nitrogens is 6. The van der Waals surface area contributed by atoms with E-state index in [1.165, 1.54) is 12.5 Å². The second-order valence-corrected chi connectivity index (χ2v) is 7.26. The van der Waals surface area contributed by atoms with Crippen LogP contribution in [0, 0.1) is 13.8 Å². The van der Waals surface area contributed by atoms with Crippen LogP contribution in [0.2, 0.25) is 0 Å². The fraction of sp³-hybridized carbons (Fsp3) is 0.421. The predicted molar refractivity (Wildman–Crippen MR) is 102 cm³/mol. The second kappa shape index (κ2) is 7.41. The first-order valence-electron chi connectivity index (χ1n) is 9.44. The topological polar surface area (TPSA) is 110 Å². The summed E-state index contributed by atoms with van der Waals surface area (Å²) in [4.78, 5) is 31.2. The molecule has 1 saturated carbocycles. The third-order valence-electron chi connectivity index (χ3n) is 5.16. The van der Waals surface area contributed by atoms with E-state index in [2.05, 4.69) is 25.5 Å². The maximum absolute atomic E-state index is 12.4. The van der Waals surface area contributed by atoms with Crippen LogP contribution in [-0.2, 0) is 0 Å². The van der Waals surface area contributed by atoms with Crippen molar-refractivity contribution in [2.24, 2.45) is 0 Å². The van der Waals surface area contributed by atoms with E-state index in [0.717, 1.165) is 37.1 Å². The fourth-order valence-electron chi connectivity index (χ4n) is 3.76. The first-order valence-corrected chi connectivity index (χ1v) is 9.44. The zero-order valence-corrected chi connectivity index (χ0v) is 15.9. The minimum Gasteiger partial charge on any atom is -0.348 e. The number of amides is 1. The fourth-order valence-corrected chi connectivity index (χ4v) is 3.76. The van der Waals surface area contributed by atoms with Crippen LogP contribution in [0.25, 0.3) is 5.82 Å². The Morgan fingerprint density at radius 2 is 1.96 bits per heavy atom. The molecule has 0 aliphatic heterocycles. The minimum absolute atomic E-state index is 0.0183. The molecule has 0 atom stereocenters. The zero-order chi connectivity index (χ0) is 19.7. The molecule has 0 aromatic carbocycles. The van der Waals surface area contributed by atoms with Crippen molar-refractivity contribution in [3.63, 3.8) is 0 Å². The van der Waals surface area contributed by atoms with Crippen molar-refractivity contribution < 1.29 is 4.79 Å². The number of H-pyrrole nitrogens is 1. The van der Waals surface area contributed by atoms with Gasteiger partial charge < -0.3 is 10.3 Å². The molecule has 3 heterocycles. The van der Waals surface area contributed by atoms with Crippen molar-refractivity contribution in [1.29, 1.82) is 0 Å². The number of aryl methyl sites for hydroxylation is 2. The van der Waals surface area contributed by atoms with Crippen LogP contribution < -0.4 is 10.9 Å². The molecule has 146 valence electrons. The minimum atomic E-state index is -0.150. The van der Waals surface area contributed by atoms with Gasteiger partial charge in [0.2, 0.25) is 0 Å². The number of nitrogens with zero attached hydrogens (tertiary/aromatic N) is 5. The summed E-state index contributed by atoms with van der Waals surface area (Å²) < 4.78 is 3.32. The molecular weight excluding hydrogens is 358 g/mol. The van der Waals surface area contributed by atoms with Gasteiger partial charge in [0.05, 0.1) is 24.3 Å². The van der Waals surface area contributed by atoms with Crippen LogP contribution in [0.5, 0.6) is 0 Å². The van der Waals surface area contributed by atoms with E-state index in [-0.39, 0.29) is 23.6 Å². The highest BCUT2D eigenvalue weighted by Crippen LogP contribution is 2.27. The number of carbonyl (C=O) groups excluding carboxylic acids is 1. The summed E-state index contributed by atoms with van der Waals surface area (Å²) in [6, 6.07) is 5.33. The summed E-state index contributed by atoms with van der Waals surface area (Å²) in [5.74, 6) is 0.489. The summed E-state index contributed by atoms with van der Waals surface area (Å²) >= 11 is 0. The third kappa shape index (κ3) is 3.60. The van der Waals surface area contributed by atoms with Gasteiger partial charge in [-0.2, -0.15) is 5.10 Å². The van der Waals surface area contributed by atoms with Gasteiger partial charge in [-0.1, -0.05) is 0 Å². The number of rotatable bonds is 4. The van der Waals surface area contributed by atoms with Gasteiger partial charge in [0, 0.05) is 17.8 Å². The van der Waals surface area contributed by atoms with Crippen LogP contribution in [-0.4, -0.2) is 41.5 Å². The van der Waals surface area contributed by atoms with E-state index in [1.807, 2.05) is 19.9 Å². The lowest BCUT2D eigenvalue weighted by Crippen LogP contribution is -2.39. The number of imidazole rings is 1. The highest BCUT2D eigenvalue weighted by molar-refractivity contribution is 5.92. The molecule has 1 amide bonds. The predicted octanol–water partition coefficient (Wildman–Crippen LogP) is 1.68. The van der Waals surface area contributed by atoms with E-state index in [0.29, 0.717) is 11.5 Å². The molecule has 3 aromatic rings. The van der Waals surface area contributed by atoms with Crippen LogP contribution >= 0.6 is 0 Å². The second-order valence-electron chi connectivity index (χ2n) is 7.26. The van der Waals surface area contributed by atoms with Gasteiger partial charge in [-0.3, -0.25) is 9.59 Å². The molecule has 0 spiro atoms. The number of hydrogen-bond donors (Lipinski definition) is 2. The van der Waals surface area contributed by atoms with Crippen LogP contribution in [0.3, 0.4) is 0 Å². The Balaban J connectivity index is 1.46. The largest absolute Gasteiger partial charge is 0.348 e. The van der Waals surface area contributed by atoms with Crippen molar-refractivity contribution in [3.05, 3.63) is 58.2 Å². The molecule has 1 aliphatic rings. The molecule has 2 N–H and O–H groups in total. The Bertz CT molecular complexity index is 1030. The Morgan fingerprint density at radius 3 is 2.61 bits per heavy atom.